The number of ether oxygens (including phenoxy) is 1. The third-order valence-corrected chi connectivity index (χ3v) is 2.46. The van der Waals surface area contributed by atoms with Crippen molar-refractivity contribution in [1.29, 1.82) is 0 Å². The molecule has 0 unspecified atom stereocenters. The van der Waals surface area contributed by atoms with Crippen LogP contribution >= 0.6 is 11.6 Å². The zero-order chi connectivity index (χ0) is 12.8. The number of rotatable bonds is 4. The van der Waals surface area contributed by atoms with Crippen LogP contribution in [0.3, 0.4) is 0 Å². The molecule has 1 aromatic carbocycles. The molecule has 0 fully saturated rings. The molecular formula is C14H15ClO2. The van der Waals surface area contributed by atoms with Gasteiger partial charge in [0.25, 0.3) is 0 Å². The largest absolute Gasteiger partial charge is 0.425 e. The maximum Gasteiger partial charge on any atom is 0.308 e. The number of hydrogen-bond acceptors (Lipinski definition) is 2. The maximum absolute atomic E-state index is 11.1. The Morgan fingerprint density at radius 1 is 1.41 bits per heavy atom. The summed E-state index contributed by atoms with van der Waals surface area (Å²) in [6.45, 7) is 6.95. The van der Waals surface area contributed by atoms with Crippen molar-refractivity contribution in [2.75, 3.05) is 0 Å². The van der Waals surface area contributed by atoms with Gasteiger partial charge in [0.15, 0.2) is 5.76 Å². The monoisotopic (exact) mass is 250 g/mol. The van der Waals surface area contributed by atoms with Gasteiger partial charge in [0.05, 0.1) is 5.03 Å². The van der Waals surface area contributed by atoms with Crippen molar-refractivity contribution in [3.05, 3.63) is 53.1 Å². The minimum absolute atomic E-state index is 0.386. The van der Waals surface area contributed by atoms with Gasteiger partial charge in [0.2, 0.25) is 0 Å². The van der Waals surface area contributed by atoms with Crippen molar-refractivity contribution >= 4 is 23.3 Å². The molecular weight excluding hydrogens is 236 g/mol. The number of esters is 1. The van der Waals surface area contributed by atoms with Crippen LogP contribution in [0.5, 0.6) is 0 Å². The first-order valence-corrected chi connectivity index (χ1v) is 5.67. The zero-order valence-corrected chi connectivity index (χ0v) is 10.8. The second-order valence-corrected chi connectivity index (χ2v) is 4.14. The summed E-state index contributed by atoms with van der Waals surface area (Å²) in [5.41, 5.74) is 1.92. The fraction of sp³-hybridized carbons (Fsp3) is 0.214. The Kier molecular flexibility index (Phi) is 4.98. The van der Waals surface area contributed by atoms with Crippen molar-refractivity contribution in [1.82, 2.24) is 0 Å². The lowest BCUT2D eigenvalue weighted by Crippen LogP contribution is -2.00. The second kappa shape index (κ2) is 6.26. The van der Waals surface area contributed by atoms with Gasteiger partial charge in [-0.2, -0.15) is 0 Å². The van der Waals surface area contributed by atoms with E-state index in [0.717, 1.165) is 11.1 Å². The van der Waals surface area contributed by atoms with E-state index in [4.69, 9.17) is 16.3 Å². The zero-order valence-electron chi connectivity index (χ0n) is 10.00. The van der Waals surface area contributed by atoms with Crippen LogP contribution in [0.2, 0.25) is 0 Å². The summed E-state index contributed by atoms with van der Waals surface area (Å²) >= 11 is 6.10. The second-order valence-electron chi connectivity index (χ2n) is 3.69. The average molecular weight is 251 g/mol. The van der Waals surface area contributed by atoms with E-state index in [0.29, 0.717) is 17.2 Å². The van der Waals surface area contributed by atoms with Gasteiger partial charge in [-0.1, -0.05) is 47.5 Å². The van der Waals surface area contributed by atoms with Gasteiger partial charge in [-0.3, -0.25) is 4.79 Å². The Bertz CT molecular complexity index is 444. The SMILES string of the molecule is C=CC/C(Cl)=C(/OC(C)=O)c1ccc(C)cc1. The summed E-state index contributed by atoms with van der Waals surface area (Å²) < 4.78 is 5.15. The quantitative estimate of drug-likeness (QED) is 0.458. The van der Waals surface area contributed by atoms with Crippen LogP contribution in [-0.2, 0) is 9.53 Å². The Morgan fingerprint density at radius 2 is 2.00 bits per heavy atom. The van der Waals surface area contributed by atoms with E-state index in [9.17, 15) is 4.79 Å². The molecule has 0 spiro atoms. The van der Waals surface area contributed by atoms with Gasteiger partial charge in [0, 0.05) is 18.9 Å². The fourth-order valence-electron chi connectivity index (χ4n) is 1.34. The number of allylic oxidation sites excluding steroid dienone is 2. The van der Waals surface area contributed by atoms with E-state index in [2.05, 4.69) is 6.58 Å². The molecule has 2 nitrogen and oxygen atoms in total. The lowest BCUT2D eigenvalue weighted by atomic mass is 10.1. The highest BCUT2D eigenvalue weighted by Crippen LogP contribution is 2.25. The van der Waals surface area contributed by atoms with Crippen molar-refractivity contribution in [2.24, 2.45) is 0 Å². The van der Waals surface area contributed by atoms with E-state index in [1.807, 2.05) is 31.2 Å². The topological polar surface area (TPSA) is 26.3 Å². The van der Waals surface area contributed by atoms with Gasteiger partial charge in [-0.05, 0) is 6.92 Å². The molecule has 0 aliphatic rings. The van der Waals surface area contributed by atoms with Crippen molar-refractivity contribution < 1.29 is 9.53 Å². The smallest absolute Gasteiger partial charge is 0.308 e. The molecule has 0 aliphatic carbocycles. The van der Waals surface area contributed by atoms with Crippen LogP contribution in [0.1, 0.15) is 24.5 Å². The van der Waals surface area contributed by atoms with Gasteiger partial charge in [-0.25, -0.2) is 0 Å². The Labute approximate surface area is 107 Å². The minimum Gasteiger partial charge on any atom is -0.425 e. The molecule has 17 heavy (non-hydrogen) atoms. The molecule has 0 saturated heterocycles. The fourth-order valence-corrected chi connectivity index (χ4v) is 1.60. The number of carbonyl (C=O) groups excluding carboxylic acids is 1. The highest BCUT2D eigenvalue weighted by atomic mass is 35.5. The molecule has 0 N–H and O–H groups in total. The van der Waals surface area contributed by atoms with Crippen LogP contribution in [0.15, 0.2) is 42.0 Å². The number of hydrogen-bond donors (Lipinski definition) is 0. The van der Waals surface area contributed by atoms with E-state index < -0.39 is 0 Å². The lowest BCUT2D eigenvalue weighted by molar-refractivity contribution is -0.134. The summed E-state index contributed by atoms with van der Waals surface area (Å²) in [4.78, 5) is 11.1. The van der Waals surface area contributed by atoms with Gasteiger partial charge >= 0.3 is 5.97 Å². The molecule has 0 saturated carbocycles. The van der Waals surface area contributed by atoms with E-state index in [1.54, 1.807) is 6.08 Å². The highest BCUT2D eigenvalue weighted by molar-refractivity contribution is 6.32. The van der Waals surface area contributed by atoms with E-state index in [1.165, 1.54) is 6.92 Å². The summed E-state index contributed by atoms with van der Waals surface area (Å²) in [7, 11) is 0. The van der Waals surface area contributed by atoms with Crippen LogP contribution in [0.25, 0.3) is 5.76 Å². The number of benzene rings is 1. The Hall–Kier alpha value is -1.54. The molecule has 3 heteroatoms. The predicted molar refractivity (Wildman–Crippen MR) is 70.5 cm³/mol. The third-order valence-electron chi connectivity index (χ3n) is 2.13. The predicted octanol–water partition coefficient (Wildman–Crippen LogP) is 4.04. The van der Waals surface area contributed by atoms with Crippen LogP contribution in [-0.4, -0.2) is 5.97 Å². The standard InChI is InChI=1S/C14H15ClO2/c1-4-5-13(15)14(17-11(3)16)12-8-6-10(2)7-9-12/h4,6-9H,1,5H2,2-3H3/b14-13-. The molecule has 0 heterocycles. The first kappa shape index (κ1) is 13.5. The molecule has 1 rings (SSSR count). The van der Waals surface area contributed by atoms with Crippen LogP contribution < -0.4 is 0 Å². The van der Waals surface area contributed by atoms with Crippen molar-refractivity contribution in [3.8, 4) is 0 Å². The molecule has 1 aromatic rings. The van der Waals surface area contributed by atoms with Crippen LogP contribution in [0.4, 0.5) is 0 Å². The molecule has 0 radical (unpaired) electrons. The first-order chi connectivity index (χ1) is 8.04. The van der Waals surface area contributed by atoms with Gasteiger partial charge in [0.1, 0.15) is 0 Å². The molecule has 90 valence electrons. The highest BCUT2D eigenvalue weighted by Gasteiger charge is 2.10. The maximum atomic E-state index is 11.1. The number of halogens is 1. The molecule has 0 atom stereocenters. The summed E-state index contributed by atoms with van der Waals surface area (Å²) in [5, 5.41) is 0.471. The van der Waals surface area contributed by atoms with Gasteiger partial charge < -0.3 is 4.74 Å². The van der Waals surface area contributed by atoms with E-state index >= 15 is 0 Å². The normalized spacial score (nSPS) is 11.7. The summed E-state index contributed by atoms with van der Waals surface area (Å²) in [5.74, 6) is 0.0156. The number of carbonyl (C=O) groups is 1. The summed E-state index contributed by atoms with van der Waals surface area (Å²) in [6, 6.07) is 7.63. The average Bonchev–Trinajstić information content (AvgIpc) is 2.27. The third kappa shape index (κ3) is 4.08. The van der Waals surface area contributed by atoms with Gasteiger partial charge in [-0.15, -0.1) is 6.58 Å². The molecule has 0 aromatic heterocycles. The van der Waals surface area contributed by atoms with Crippen molar-refractivity contribution in [3.63, 3.8) is 0 Å². The Morgan fingerprint density at radius 3 is 2.47 bits per heavy atom. The summed E-state index contributed by atoms with van der Waals surface area (Å²) in [6.07, 6.45) is 2.14. The van der Waals surface area contributed by atoms with Crippen LogP contribution in [0, 0.1) is 6.92 Å². The molecule has 0 amide bonds. The Balaban J connectivity index is 3.14. The lowest BCUT2D eigenvalue weighted by Gasteiger charge is -2.10. The minimum atomic E-state index is -0.386. The van der Waals surface area contributed by atoms with Crippen molar-refractivity contribution in [2.45, 2.75) is 20.3 Å². The first-order valence-electron chi connectivity index (χ1n) is 5.29. The molecule has 0 bridgehead atoms. The molecule has 0 aliphatic heterocycles. The number of aryl methyl sites for hydroxylation is 1. The van der Waals surface area contributed by atoms with E-state index in [-0.39, 0.29) is 5.97 Å².